The number of aromatic nitrogens is 3. The maximum Gasteiger partial charge on any atom is 0.191 e. The third kappa shape index (κ3) is 7.34. The molecule has 1 aromatic heterocycles. The van der Waals surface area contributed by atoms with Gasteiger partial charge in [0.15, 0.2) is 11.8 Å². The quantitative estimate of drug-likeness (QED) is 0.186. The van der Waals surface area contributed by atoms with Gasteiger partial charge in [-0.05, 0) is 24.5 Å². The van der Waals surface area contributed by atoms with Crippen molar-refractivity contribution >= 4 is 29.9 Å². The van der Waals surface area contributed by atoms with Crippen LogP contribution in [-0.2, 0) is 13.6 Å². The van der Waals surface area contributed by atoms with Gasteiger partial charge in [-0.2, -0.15) is 0 Å². The molecule has 0 unspecified atom stereocenters. The Kier molecular flexibility index (Phi) is 10.5. The number of aliphatic imine (C=N–C) groups is 1. The summed E-state index contributed by atoms with van der Waals surface area (Å²) in [5.74, 6) is 2.79. The van der Waals surface area contributed by atoms with E-state index >= 15 is 0 Å². The van der Waals surface area contributed by atoms with E-state index in [1.807, 2.05) is 18.5 Å². The lowest BCUT2D eigenvalue weighted by atomic mass is 9.91. The van der Waals surface area contributed by atoms with Crippen molar-refractivity contribution in [2.24, 2.45) is 12.0 Å². The summed E-state index contributed by atoms with van der Waals surface area (Å²) in [7, 11) is 1.97. The van der Waals surface area contributed by atoms with Gasteiger partial charge in [-0.25, -0.2) is 4.99 Å². The highest BCUT2D eigenvalue weighted by Crippen LogP contribution is 2.23. The molecule has 0 bridgehead atoms. The van der Waals surface area contributed by atoms with E-state index in [4.69, 9.17) is 4.99 Å². The first-order chi connectivity index (χ1) is 14.7. The second-order valence-electron chi connectivity index (χ2n) is 7.42. The first kappa shape index (κ1) is 24.8. The molecule has 0 spiro atoms. The van der Waals surface area contributed by atoms with Gasteiger partial charge in [0, 0.05) is 26.1 Å². The standard InChI is InChI=1S/C24H32N6.HI/c1-4-5-16-25-24(27-18-23-29-28-19(2)30(23)3)26-17-22(20-12-8-6-9-13-20)21-14-10-7-11-15-21;/h6-15,22H,4-5,16-18H2,1-3H3,(H2,25,26,27);1H. The van der Waals surface area contributed by atoms with E-state index in [2.05, 4.69) is 88.4 Å². The molecule has 0 aliphatic rings. The number of hydrogen-bond acceptors (Lipinski definition) is 3. The topological polar surface area (TPSA) is 67.1 Å². The van der Waals surface area contributed by atoms with Crippen molar-refractivity contribution < 1.29 is 0 Å². The molecule has 7 heteroatoms. The lowest BCUT2D eigenvalue weighted by Gasteiger charge is -2.21. The number of hydrogen-bond donors (Lipinski definition) is 2. The number of benzene rings is 2. The minimum Gasteiger partial charge on any atom is -0.356 e. The fraction of sp³-hybridized carbons (Fsp3) is 0.375. The molecule has 0 aliphatic carbocycles. The summed E-state index contributed by atoms with van der Waals surface area (Å²) < 4.78 is 1.98. The van der Waals surface area contributed by atoms with Crippen molar-refractivity contribution in [1.29, 1.82) is 0 Å². The molecular weight excluding hydrogens is 499 g/mol. The summed E-state index contributed by atoms with van der Waals surface area (Å²) >= 11 is 0. The van der Waals surface area contributed by atoms with E-state index in [1.165, 1.54) is 11.1 Å². The zero-order valence-electron chi connectivity index (χ0n) is 18.6. The Labute approximate surface area is 202 Å². The van der Waals surface area contributed by atoms with Crippen LogP contribution < -0.4 is 10.6 Å². The zero-order valence-corrected chi connectivity index (χ0v) is 20.9. The number of aryl methyl sites for hydroxylation is 1. The predicted octanol–water partition coefficient (Wildman–Crippen LogP) is 4.41. The van der Waals surface area contributed by atoms with Gasteiger partial charge in [-0.15, -0.1) is 34.2 Å². The Morgan fingerprint density at radius 1 is 0.968 bits per heavy atom. The Morgan fingerprint density at radius 3 is 2.10 bits per heavy atom. The predicted molar refractivity (Wildman–Crippen MR) is 138 cm³/mol. The number of nitrogens with zero attached hydrogens (tertiary/aromatic N) is 4. The lowest BCUT2D eigenvalue weighted by Crippen LogP contribution is -2.40. The summed E-state index contributed by atoms with van der Waals surface area (Å²) in [5.41, 5.74) is 2.57. The van der Waals surface area contributed by atoms with Crippen LogP contribution >= 0.6 is 24.0 Å². The second kappa shape index (κ2) is 13.1. The average Bonchev–Trinajstić information content (AvgIpc) is 3.11. The summed E-state index contributed by atoms with van der Waals surface area (Å²) in [6, 6.07) is 21.2. The molecule has 0 amide bonds. The average molecular weight is 532 g/mol. The van der Waals surface area contributed by atoms with Gasteiger partial charge in [0.05, 0.1) is 0 Å². The van der Waals surface area contributed by atoms with Crippen molar-refractivity contribution in [3.63, 3.8) is 0 Å². The third-order valence-electron chi connectivity index (χ3n) is 5.26. The zero-order chi connectivity index (χ0) is 21.2. The highest BCUT2D eigenvalue weighted by atomic mass is 127. The van der Waals surface area contributed by atoms with Crippen molar-refractivity contribution in [3.05, 3.63) is 83.4 Å². The Balaban J connectivity index is 0.00000341. The second-order valence-corrected chi connectivity index (χ2v) is 7.42. The van der Waals surface area contributed by atoms with Crippen molar-refractivity contribution in [3.8, 4) is 0 Å². The largest absolute Gasteiger partial charge is 0.356 e. The van der Waals surface area contributed by atoms with Gasteiger partial charge in [-0.1, -0.05) is 74.0 Å². The Bertz CT molecular complexity index is 884. The van der Waals surface area contributed by atoms with Crippen LogP contribution in [0, 0.1) is 6.92 Å². The van der Waals surface area contributed by atoms with Crippen LogP contribution in [0.5, 0.6) is 0 Å². The van der Waals surface area contributed by atoms with E-state index in [9.17, 15) is 0 Å². The molecule has 0 saturated carbocycles. The van der Waals surface area contributed by atoms with Gasteiger partial charge in [0.1, 0.15) is 12.4 Å². The maximum absolute atomic E-state index is 4.77. The van der Waals surface area contributed by atoms with Crippen LogP contribution in [-0.4, -0.2) is 33.8 Å². The van der Waals surface area contributed by atoms with E-state index in [1.54, 1.807) is 0 Å². The summed E-state index contributed by atoms with van der Waals surface area (Å²) in [6.07, 6.45) is 2.24. The molecule has 0 atom stereocenters. The number of unbranched alkanes of at least 4 members (excludes halogenated alkanes) is 1. The molecule has 0 saturated heterocycles. The monoisotopic (exact) mass is 532 g/mol. The fourth-order valence-electron chi connectivity index (χ4n) is 3.29. The van der Waals surface area contributed by atoms with E-state index in [0.29, 0.717) is 6.54 Å². The minimum absolute atomic E-state index is 0. The van der Waals surface area contributed by atoms with Crippen LogP contribution in [0.1, 0.15) is 48.5 Å². The van der Waals surface area contributed by atoms with Gasteiger partial charge >= 0.3 is 0 Å². The molecule has 2 aromatic carbocycles. The van der Waals surface area contributed by atoms with Crippen LogP contribution in [0.4, 0.5) is 0 Å². The maximum atomic E-state index is 4.77. The molecule has 3 aromatic rings. The first-order valence-corrected chi connectivity index (χ1v) is 10.7. The normalized spacial score (nSPS) is 11.3. The van der Waals surface area contributed by atoms with E-state index < -0.39 is 0 Å². The molecule has 2 N–H and O–H groups in total. The van der Waals surface area contributed by atoms with Gasteiger partial charge in [0.2, 0.25) is 0 Å². The molecule has 0 aliphatic heterocycles. The van der Waals surface area contributed by atoms with Crippen LogP contribution in [0.25, 0.3) is 0 Å². The molecule has 31 heavy (non-hydrogen) atoms. The molecule has 6 nitrogen and oxygen atoms in total. The molecule has 0 radical (unpaired) electrons. The Hall–Kier alpha value is -2.42. The first-order valence-electron chi connectivity index (χ1n) is 10.7. The SMILES string of the molecule is CCCCNC(=NCc1nnc(C)n1C)NCC(c1ccccc1)c1ccccc1.I. The van der Waals surface area contributed by atoms with Gasteiger partial charge < -0.3 is 15.2 Å². The summed E-state index contributed by atoms with van der Waals surface area (Å²) in [5, 5.41) is 15.4. The van der Waals surface area contributed by atoms with Gasteiger partial charge in [-0.3, -0.25) is 0 Å². The third-order valence-corrected chi connectivity index (χ3v) is 5.26. The van der Waals surface area contributed by atoms with Crippen molar-refractivity contribution in [1.82, 2.24) is 25.4 Å². The molecule has 3 rings (SSSR count). The summed E-state index contributed by atoms with van der Waals surface area (Å²) in [6.45, 7) is 6.27. The van der Waals surface area contributed by atoms with Gasteiger partial charge in [0.25, 0.3) is 0 Å². The molecular formula is C24H33IN6. The molecule has 166 valence electrons. The smallest absolute Gasteiger partial charge is 0.191 e. The fourth-order valence-corrected chi connectivity index (χ4v) is 3.29. The van der Waals surface area contributed by atoms with Crippen molar-refractivity contribution in [2.75, 3.05) is 13.1 Å². The van der Waals surface area contributed by atoms with Crippen LogP contribution in [0.3, 0.4) is 0 Å². The molecule has 1 heterocycles. The van der Waals surface area contributed by atoms with Crippen LogP contribution in [0.15, 0.2) is 65.7 Å². The number of rotatable bonds is 9. The highest BCUT2D eigenvalue weighted by Gasteiger charge is 2.14. The van der Waals surface area contributed by atoms with Crippen LogP contribution in [0.2, 0.25) is 0 Å². The highest BCUT2D eigenvalue weighted by molar-refractivity contribution is 14.0. The molecule has 0 fully saturated rings. The van der Waals surface area contributed by atoms with E-state index in [0.717, 1.165) is 43.5 Å². The number of nitrogens with one attached hydrogen (secondary N) is 2. The van der Waals surface area contributed by atoms with E-state index in [-0.39, 0.29) is 29.9 Å². The lowest BCUT2D eigenvalue weighted by molar-refractivity contribution is 0.693. The van der Waals surface area contributed by atoms with Crippen molar-refractivity contribution in [2.45, 2.75) is 39.2 Å². The Morgan fingerprint density at radius 2 is 1.58 bits per heavy atom. The summed E-state index contributed by atoms with van der Waals surface area (Å²) in [4.78, 5) is 4.77. The minimum atomic E-state index is 0. The number of guanidine groups is 1. The number of halogens is 1.